The van der Waals surface area contributed by atoms with Crippen molar-refractivity contribution in [2.75, 3.05) is 5.32 Å². The molecule has 0 saturated carbocycles. The highest BCUT2D eigenvalue weighted by molar-refractivity contribution is 5.90. The second-order valence-corrected chi connectivity index (χ2v) is 5.63. The van der Waals surface area contributed by atoms with Crippen LogP contribution in [0.5, 0.6) is 0 Å². The molecule has 0 bridgehead atoms. The van der Waals surface area contributed by atoms with Crippen LogP contribution in [-0.2, 0) is 27.1 Å². The molecule has 0 aliphatic heterocycles. The maximum Gasteiger partial charge on any atom is 0.332 e. The fraction of sp³-hybridized carbons (Fsp3) is 0.294. The zero-order valence-electron chi connectivity index (χ0n) is 13.9. The highest BCUT2D eigenvalue weighted by Crippen LogP contribution is 2.23. The fourth-order valence-electron chi connectivity index (χ4n) is 2.73. The molecule has 7 nitrogen and oxygen atoms in total. The Morgan fingerprint density at radius 1 is 1.17 bits per heavy atom. The van der Waals surface area contributed by atoms with E-state index in [0.29, 0.717) is 17.6 Å². The van der Waals surface area contributed by atoms with Crippen LogP contribution in [0.2, 0.25) is 0 Å². The van der Waals surface area contributed by atoms with Gasteiger partial charge < -0.3 is 5.32 Å². The Kier molecular flexibility index (Phi) is 4.16. The Hall–Kier alpha value is -2.96. The van der Waals surface area contributed by atoms with E-state index in [1.54, 1.807) is 25.6 Å². The van der Waals surface area contributed by atoms with Gasteiger partial charge in [0.1, 0.15) is 5.39 Å². The van der Waals surface area contributed by atoms with E-state index >= 15 is 0 Å². The van der Waals surface area contributed by atoms with Crippen molar-refractivity contribution in [2.45, 2.75) is 19.9 Å². The van der Waals surface area contributed by atoms with Gasteiger partial charge in [-0.1, -0.05) is 13.0 Å². The normalized spacial score (nSPS) is 11.0. The number of hydrogen-bond donors (Lipinski definition) is 1. The van der Waals surface area contributed by atoms with Crippen LogP contribution in [-0.4, -0.2) is 19.1 Å². The topological polar surface area (TPSA) is 81.8 Å². The largest absolute Gasteiger partial charge is 0.380 e. The lowest BCUT2D eigenvalue weighted by Crippen LogP contribution is -2.37. The summed E-state index contributed by atoms with van der Waals surface area (Å²) in [5.74, 6) is 0. The van der Waals surface area contributed by atoms with E-state index in [2.05, 4.69) is 15.3 Å². The first kappa shape index (κ1) is 15.9. The number of aryl methyl sites for hydroxylation is 2. The minimum Gasteiger partial charge on any atom is -0.380 e. The lowest BCUT2D eigenvalue weighted by Gasteiger charge is -2.15. The molecule has 0 atom stereocenters. The first-order chi connectivity index (χ1) is 11.5. The van der Waals surface area contributed by atoms with Gasteiger partial charge in [0, 0.05) is 39.2 Å². The van der Waals surface area contributed by atoms with E-state index in [1.165, 1.54) is 11.6 Å². The molecular formula is C17H19N5O2. The molecule has 3 heterocycles. The second kappa shape index (κ2) is 6.27. The van der Waals surface area contributed by atoms with Crippen LogP contribution >= 0.6 is 0 Å². The number of pyridine rings is 2. The predicted octanol–water partition coefficient (Wildman–Crippen LogP) is 1.20. The summed E-state index contributed by atoms with van der Waals surface area (Å²) in [6.45, 7) is 2.54. The molecule has 0 saturated heterocycles. The van der Waals surface area contributed by atoms with E-state index in [4.69, 9.17) is 0 Å². The molecule has 0 fully saturated rings. The van der Waals surface area contributed by atoms with E-state index < -0.39 is 0 Å². The Labute approximate surface area is 138 Å². The first-order valence-corrected chi connectivity index (χ1v) is 7.75. The third kappa shape index (κ3) is 2.58. The van der Waals surface area contributed by atoms with Crippen molar-refractivity contribution >= 4 is 16.7 Å². The molecule has 3 aromatic heterocycles. The molecule has 0 radical (unpaired) electrons. The predicted molar refractivity (Wildman–Crippen MR) is 93.2 cm³/mol. The van der Waals surface area contributed by atoms with E-state index in [9.17, 15) is 9.59 Å². The van der Waals surface area contributed by atoms with Crippen LogP contribution in [0, 0.1) is 0 Å². The first-order valence-electron chi connectivity index (χ1n) is 7.75. The molecule has 0 aromatic carbocycles. The fourth-order valence-corrected chi connectivity index (χ4v) is 2.73. The van der Waals surface area contributed by atoms with E-state index in [0.717, 1.165) is 27.8 Å². The average molecular weight is 325 g/mol. The zero-order valence-corrected chi connectivity index (χ0v) is 13.9. The van der Waals surface area contributed by atoms with Gasteiger partial charge in [0.25, 0.3) is 5.56 Å². The number of nitrogens with zero attached hydrogens (tertiary/aromatic N) is 4. The SMILES string of the molecule is CCc1cnc2c(c1NCc1cccnc1)c(=O)n(C)c(=O)n2C. The van der Waals surface area contributed by atoms with Gasteiger partial charge in [-0.15, -0.1) is 0 Å². The maximum absolute atomic E-state index is 12.7. The quantitative estimate of drug-likeness (QED) is 0.779. The van der Waals surface area contributed by atoms with Crippen LogP contribution in [0.25, 0.3) is 11.0 Å². The summed E-state index contributed by atoms with van der Waals surface area (Å²) in [6.07, 6.45) is 5.93. The van der Waals surface area contributed by atoms with E-state index in [1.807, 2.05) is 19.1 Å². The van der Waals surface area contributed by atoms with Gasteiger partial charge in [-0.25, -0.2) is 9.78 Å². The van der Waals surface area contributed by atoms with Crippen molar-refractivity contribution in [3.8, 4) is 0 Å². The molecular weight excluding hydrogens is 306 g/mol. The van der Waals surface area contributed by atoms with Gasteiger partial charge in [-0.2, -0.15) is 0 Å². The molecule has 24 heavy (non-hydrogen) atoms. The molecule has 0 spiro atoms. The van der Waals surface area contributed by atoms with Gasteiger partial charge in [0.2, 0.25) is 0 Å². The zero-order chi connectivity index (χ0) is 17.3. The van der Waals surface area contributed by atoms with Crippen LogP contribution in [0.3, 0.4) is 0 Å². The van der Waals surface area contributed by atoms with Crippen LogP contribution in [0.1, 0.15) is 18.1 Å². The number of nitrogens with one attached hydrogen (secondary N) is 1. The van der Waals surface area contributed by atoms with Crippen molar-refractivity contribution in [3.05, 3.63) is 62.7 Å². The Morgan fingerprint density at radius 3 is 2.62 bits per heavy atom. The highest BCUT2D eigenvalue weighted by atomic mass is 16.2. The molecule has 3 rings (SSSR count). The standard InChI is InChI=1S/C17H19N5O2/c1-4-12-10-20-15-13(16(23)22(3)17(24)21(15)2)14(12)19-9-11-6-5-7-18-8-11/h5-8,10H,4,9H2,1-3H3,(H,19,20). The summed E-state index contributed by atoms with van der Waals surface area (Å²) in [5, 5.41) is 3.76. The van der Waals surface area contributed by atoms with Crippen molar-refractivity contribution < 1.29 is 0 Å². The van der Waals surface area contributed by atoms with Crippen molar-refractivity contribution in [3.63, 3.8) is 0 Å². The molecule has 3 aromatic rings. The van der Waals surface area contributed by atoms with Crippen LogP contribution in [0.15, 0.2) is 40.3 Å². The van der Waals surface area contributed by atoms with Gasteiger partial charge in [0.15, 0.2) is 5.65 Å². The van der Waals surface area contributed by atoms with Crippen LogP contribution in [0.4, 0.5) is 5.69 Å². The Bertz CT molecular complexity index is 1010. The number of aromatic nitrogens is 4. The molecule has 1 N–H and O–H groups in total. The third-order valence-electron chi connectivity index (χ3n) is 4.12. The Morgan fingerprint density at radius 2 is 1.96 bits per heavy atom. The lowest BCUT2D eigenvalue weighted by atomic mass is 10.1. The number of anilines is 1. The summed E-state index contributed by atoms with van der Waals surface area (Å²) in [4.78, 5) is 33.2. The number of fused-ring (bicyclic) bond motifs is 1. The van der Waals surface area contributed by atoms with Crippen molar-refractivity contribution in [1.29, 1.82) is 0 Å². The lowest BCUT2D eigenvalue weighted by molar-refractivity contribution is 0.707. The summed E-state index contributed by atoms with van der Waals surface area (Å²) in [7, 11) is 3.10. The van der Waals surface area contributed by atoms with Crippen molar-refractivity contribution in [1.82, 2.24) is 19.1 Å². The van der Waals surface area contributed by atoms with Gasteiger partial charge in [-0.3, -0.25) is 18.9 Å². The van der Waals surface area contributed by atoms with Gasteiger partial charge >= 0.3 is 5.69 Å². The van der Waals surface area contributed by atoms with Gasteiger partial charge in [-0.05, 0) is 23.6 Å². The summed E-state index contributed by atoms with van der Waals surface area (Å²) >= 11 is 0. The number of rotatable bonds is 4. The minimum absolute atomic E-state index is 0.343. The van der Waals surface area contributed by atoms with Crippen LogP contribution < -0.4 is 16.6 Å². The highest BCUT2D eigenvalue weighted by Gasteiger charge is 2.16. The Balaban J connectivity index is 2.21. The average Bonchev–Trinajstić information content (AvgIpc) is 2.62. The molecule has 7 heteroatoms. The minimum atomic E-state index is -0.387. The summed E-state index contributed by atoms with van der Waals surface area (Å²) in [6, 6.07) is 3.83. The number of hydrogen-bond acceptors (Lipinski definition) is 5. The second-order valence-electron chi connectivity index (χ2n) is 5.63. The molecule has 0 amide bonds. The monoisotopic (exact) mass is 325 g/mol. The molecule has 0 aliphatic rings. The van der Waals surface area contributed by atoms with Gasteiger partial charge in [0.05, 0.1) is 5.69 Å². The smallest absolute Gasteiger partial charge is 0.332 e. The molecule has 0 unspecified atom stereocenters. The van der Waals surface area contributed by atoms with Crippen molar-refractivity contribution in [2.24, 2.45) is 14.1 Å². The van der Waals surface area contributed by atoms with E-state index in [-0.39, 0.29) is 11.2 Å². The maximum atomic E-state index is 12.7. The molecule has 124 valence electrons. The third-order valence-corrected chi connectivity index (χ3v) is 4.12. The summed E-state index contributed by atoms with van der Waals surface area (Å²) < 4.78 is 2.50. The molecule has 0 aliphatic carbocycles. The summed E-state index contributed by atoms with van der Waals surface area (Å²) in [5.41, 5.74) is 2.32.